The molecule has 44 heavy (non-hydrogen) atoms. The van der Waals surface area contributed by atoms with Gasteiger partial charge in [-0.2, -0.15) is 0 Å². The molecule has 0 bridgehead atoms. The summed E-state index contributed by atoms with van der Waals surface area (Å²) >= 11 is 6.74. The summed E-state index contributed by atoms with van der Waals surface area (Å²) in [6, 6.07) is 14.8. The number of piperidine rings is 1. The van der Waals surface area contributed by atoms with Crippen molar-refractivity contribution in [1.82, 2.24) is 0 Å². The molecule has 0 spiro atoms. The molecular weight excluding hydrogens is 585 g/mol. The van der Waals surface area contributed by atoms with Crippen LogP contribution >= 0.6 is 11.6 Å². The van der Waals surface area contributed by atoms with Crippen molar-refractivity contribution in [3.05, 3.63) is 109 Å². The van der Waals surface area contributed by atoms with Crippen molar-refractivity contribution >= 4 is 29.0 Å². The van der Waals surface area contributed by atoms with E-state index in [0.29, 0.717) is 59.2 Å². The van der Waals surface area contributed by atoms with Crippen molar-refractivity contribution in [3.63, 3.8) is 0 Å². The minimum atomic E-state index is -1.21. The smallest absolute Gasteiger partial charge is 0.335 e. The minimum absolute atomic E-state index is 0.111. The number of aryl methyl sites for hydroxylation is 2. The number of methoxy groups -OCH3 is 1. The Morgan fingerprint density at radius 1 is 1.11 bits per heavy atom. The Kier molecular flexibility index (Phi) is 9.06. The van der Waals surface area contributed by atoms with Crippen molar-refractivity contribution in [1.29, 1.82) is 5.41 Å². The van der Waals surface area contributed by atoms with Crippen molar-refractivity contribution in [2.45, 2.75) is 45.1 Å². The van der Waals surface area contributed by atoms with Crippen LogP contribution in [0.3, 0.4) is 0 Å². The van der Waals surface area contributed by atoms with Gasteiger partial charge in [0.25, 0.3) is 0 Å². The molecule has 0 aromatic heterocycles. The quantitative estimate of drug-likeness (QED) is 0.129. The van der Waals surface area contributed by atoms with E-state index < -0.39 is 17.3 Å². The second-order valence-corrected chi connectivity index (χ2v) is 11.9. The second kappa shape index (κ2) is 12.8. The molecule has 1 heterocycles. The Labute approximate surface area is 260 Å². The monoisotopic (exact) mass is 619 g/mol. The van der Waals surface area contributed by atoms with Crippen molar-refractivity contribution in [3.8, 4) is 5.75 Å². The van der Waals surface area contributed by atoms with Crippen LogP contribution in [0.25, 0.3) is 0 Å². The first-order chi connectivity index (χ1) is 21.1. The fraction of sp³-hybridized carbons (Fsp3) is 0.353. The molecule has 2 aliphatic rings. The zero-order valence-electron chi connectivity index (χ0n) is 25.0. The average Bonchev–Trinajstić information content (AvgIpc) is 3.84. The van der Waals surface area contributed by atoms with E-state index in [0.717, 1.165) is 41.4 Å². The molecular formula is C34H35ClFN3O5. The van der Waals surface area contributed by atoms with Gasteiger partial charge in [0.2, 0.25) is 0 Å². The van der Waals surface area contributed by atoms with E-state index >= 15 is 0 Å². The molecule has 2 fully saturated rings. The molecule has 1 aliphatic carbocycles. The molecule has 10 heteroatoms. The third kappa shape index (κ3) is 6.33. The summed E-state index contributed by atoms with van der Waals surface area (Å²) in [6.45, 7) is 4.81. The minimum Gasteiger partial charge on any atom is -0.500 e. The van der Waals surface area contributed by atoms with Crippen LogP contribution in [0.5, 0.6) is 5.75 Å². The van der Waals surface area contributed by atoms with Crippen LogP contribution in [-0.4, -0.2) is 43.6 Å². The molecule has 1 saturated carbocycles. The summed E-state index contributed by atoms with van der Waals surface area (Å²) < 4.78 is 26.1. The first-order valence-corrected chi connectivity index (χ1v) is 14.9. The topological polar surface area (TPSA) is 112 Å². The molecule has 3 aromatic carbocycles. The number of carboxylic acids is 1. The number of hydrogen-bond acceptors (Lipinski definition) is 7. The summed E-state index contributed by atoms with van der Waals surface area (Å²) in [7, 11) is 1.63. The summed E-state index contributed by atoms with van der Waals surface area (Å²) in [5.74, 6) is -0.333. The number of anilines is 1. The average molecular weight is 620 g/mol. The van der Waals surface area contributed by atoms with Crippen molar-refractivity contribution in [2.75, 3.05) is 31.7 Å². The first-order valence-electron chi connectivity index (χ1n) is 14.6. The lowest BCUT2D eigenvalue weighted by Crippen LogP contribution is -2.41. The highest BCUT2D eigenvalue weighted by atomic mass is 35.5. The fourth-order valence-electron chi connectivity index (χ4n) is 6.05. The van der Waals surface area contributed by atoms with Crippen LogP contribution in [0.4, 0.5) is 10.1 Å². The lowest BCUT2D eigenvalue weighted by atomic mass is 9.81. The predicted octanol–water partition coefficient (Wildman–Crippen LogP) is 7.81. The molecule has 3 aromatic rings. The number of carbonyl (C=O) groups is 1. The second-order valence-electron chi connectivity index (χ2n) is 11.5. The summed E-state index contributed by atoms with van der Waals surface area (Å²) in [5.41, 5.74) is 3.70. The number of nitrogens with zero attached hydrogens (tertiary/aromatic N) is 2. The molecule has 0 atom stereocenters. The van der Waals surface area contributed by atoms with E-state index in [2.05, 4.69) is 5.18 Å². The van der Waals surface area contributed by atoms with E-state index in [4.69, 9.17) is 26.5 Å². The summed E-state index contributed by atoms with van der Waals surface area (Å²) in [5, 5.41) is 22.3. The van der Waals surface area contributed by atoms with Crippen LogP contribution in [0.2, 0.25) is 5.02 Å². The summed E-state index contributed by atoms with van der Waals surface area (Å²) in [6.07, 6.45) is 2.64. The third-order valence-electron chi connectivity index (χ3n) is 8.58. The van der Waals surface area contributed by atoms with E-state index in [1.165, 1.54) is 12.1 Å². The lowest BCUT2D eigenvalue weighted by molar-refractivity contribution is 0.0696. The fourth-order valence-corrected chi connectivity index (χ4v) is 6.40. The number of ether oxygens (including phenoxy) is 2. The van der Waals surface area contributed by atoms with Gasteiger partial charge in [0.1, 0.15) is 29.5 Å². The van der Waals surface area contributed by atoms with Crippen LogP contribution < -0.4 is 9.64 Å². The molecule has 0 radical (unpaired) electrons. The maximum Gasteiger partial charge on any atom is 0.335 e. The van der Waals surface area contributed by atoms with Crippen LogP contribution in [0, 0.1) is 35.9 Å². The van der Waals surface area contributed by atoms with Gasteiger partial charge in [0.15, 0.2) is 0 Å². The molecule has 230 valence electrons. The number of hydrogen-bond donors (Lipinski definition) is 2. The van der Waals surface area contributed by atoms with Gasteiger partial charge in [-0.3, -0.25) is 5.41 Å². The highest BCUT2D eigenvalue weighted by molar-refractivity contribution is 6.31. The largest absolute Gasteiger partial charge is 0.500 e. The molecule has 8 nitrogen and oxygen atoms in total. The van der Waals surface area contributed by atoms with Gasteiger partial charge < -0.3 is 19.5 Å². The number of carboxylic acid groups (broad SMARTS) is 1. The Bertz CT molecular complexity index is 1620. The molecule has 1 saturated heterocycles. The van der Waals surface area contributed by atoms with Gasteiger partial charge in [-0.15, -0.1) is 4.91 Å². The van der Waals surface area contributed by atoms with Crippen LogP contribution in [0.15, 0.2) is 71.1 Å². The number of nitrogens with one attached hydrogen (secondary N) is 1. The highest BCUT2D eigenvalue weighted by Crippen LogP contribution is 2.43. The Hall–Kier alpha value is -4.24. The molecule has 0 unspecified atom stereocenters. The number of nitroso groups, excluding NO2 is 1. The van der Waals surface area contributed by atoms with E-state index in [1.54, 1.807) is 25.3 Å². The summed E-state index contributed by atoms with van der Waals surface area (Å²) in [4.78, 5) is 25.5. The lowest BCUT2D eigenvalue weighted by Gasteiger charge is -2.39. The Morgan fingerprint density at radius 2 is 1.80 bits per heavy atom. The van der Waals surface area contributed by atoms with Crippen molar-refractivity contribution < 1.29 is 23.8 Å². The number of benzene rings is 3. The van der Waals surface area contributed by atoms with Crippen LogP contribution in [-0.2, 0) is 10.3 Å². The van der Waals surface area contributed by atoms with E-state index in [1.807, 2.05) is 36.9 Å². The van der Waals surface area contributed by atoms with Crippen molar-refractivity contribution in [2.24, 2.45) is 11.1 Å². The van der Waals surface area contributed by atoms with E-state index in [-0.39, 0.29) is 18.1 Å². The zero-order valence-corrected chi connectivity index (χ0v) is 25.7. The maximum absolute atomic E-state index is 14.1. The molecule has 2 N–H and O–H groups in total. The maximum atomic E-state index is 14.1. The van der Waals surface area contributed by atoms with Gasteiger partial charge in [-0.1, -0.05) is 41.0 Å². The third-order valence-corrected chi connectivity index (χ3v) is 8.90. The number of aromatic carboxylic acids is 1. The molecule has 1 aliphatic heterocycles. The first kappa shape index (κ1) is 31.2. The van der Waals surface area contributed by atoms with E-state index in [9.17, 15) is 19.2 Å². The van der Waals surface area contributed by atoms with Gasteiger partial charge in [0, 0.05) is 35.8 Å². The highest BCUT2D eigenvalue weighted by Gasteiger charge is 2.40. The zero-order chi connectivity index (χ0) is 31.6. The Balaban J connectivity index is 1.34. The molecule has 0 amide bonds. The predicted molar refractivity (Wildman–Crippen MR) is 169 cm³/mol. The molecule has 5 rings (SSSR count). The number of halogens is 2. The standard InChI is InChI=1S/C34H35ClFN3O5/c1-20-5-4-6-21(2)30(20)31(37)27(32(43-3)22-7-8-22)19-44-26-9-10-28(29(35)18-26)34(38-42)11-13-39(14-12-34)25-16-23(33(40)41)15-24(36)17-25/h4-6,9-10,15-18,22,37H,7-8,11-14,19H2,1-3H3,(H,40,41)/b32-27-,37-31?. The Morgan fingerprint density at radius 3 is 2.36 bits per heavy atom. The van der Waals surface area contributed by atoms with Gasteiger partial charge in [0.05, 0.1) is 29.0 Å². The number of allylic oxidation sites excluding steroid dienone is 1. The van der Waals surface area contributed by atoms with Crippen LogP contribution in [0.1, 0.15) is 58.3 Å². The van der Waals surface area contributed by atoms with Gasteiger partial charge in [-0.25, -0.2) is 9.18 Å². The van der Waals surface area contributed by atoms with Gasteiger partial charge in [-0.05, 0) is 81.0 Å². The van der Waals surface area contributed by atoms with Gasteiger partial charge >= 0.3 is 5.97 Å². The number of rotatable bonds is 11. The SMILES string of the molecule is CO/C(=C(/COc1ccc(C2(N=O)CCN(c3cc(F)cc(C(=O)O)c3)CC2)c(Cl)c1)C(=N)c1c(C)cccc1C)C1CC1. The normalized spacial score (nSPS) is 16.6.